The van der Waals surface area contributed by atoms with Crippen molar-refractivity contribution in [1.29, 1.82) is 0 Å². The fourth-order valence-electron chi connectivity index (χ4n) is 5.86. The van der Waals surface area contributed by atoms with E-state index in [1.54, 1.807) is 18.5 Å². The van der Waals surface area contributed by atoms with E-state index < -0.39 is 5.41 Å². The Morgan fingerprint density at radius 2 is 1.94 bits per heavy atom. The van der Waals surface area contributed by atoms with E-state index in [2.05, 4.69) is 4.98 Å². The molecule has 2 atom stereocenters. The molecule has 36 heavy (non-hydrogen) atoms. The molecule has 190 valence electrons. The molecule has 2 aliphatic heterocycles. The summed E-state index contributed by atoms with van der Waals surface area (Å²) in [6.07, 6.45) is 8.81. The summed E-state index contributed by atoms with van der Waals surface area (Å²) in [7, 11) is 0. The molecule has 2 saturated heterocycles. The zero-order valence-corrected chi connectivity index (χ0v) is 21.0. The van der Waals surface area contributed by atoms with Crippen LogP contribution >= 0.6 is 0 Å². The van der Waals surface area contributed by atoms with E-state index in [1.165, 1.54) is 11.3 Å². The Kier molecular flexibility index (Phi) is 7.19. The van der Waals surface area contributed by atoms with Crippen LogP contribution in [0, 0.1) is 12.8 Å². The lowest BCUT2D eigenvalue weighted by Crippen LogP contribution is -2.47. The van der Waals surface area contributed by atoms with Crippen LogP contribution in [0.4, 0.5) is 0 Å². The van der Waals surface area contributed by atoms with E-state index in [1.807, 2.05) is 42.2 Å². The average molecular weight is 490 g/mol. The maximum absolute atomic E-state index is 14.1. The molecule has 3 fully saturated rings. The van der Waals surface area contributed by atoms with E-state index in [9.17, 15) is 14.4 Å². The van der Waals surface area contributed by atoms with E-state index in [0.29, 0.717) is 19.0 Å². The van der Waals surface area contributed by atoms with Gasteiger partial charge in [-0.2, -0.15) is 0 Å². The first kappa shape index (κ1) is 24.6. The fourth-order valence-corrected chi connectivity index (χ4v) is 5.86. The van der Waals surface area contributed by atoms with Gasteiger partial charge < -0.3 is 9.64 Å². The maximum Gasteiger partial charge on any atom is 0.241 e. The van der Waals surface area contributed by atoms with Crippen molar-refractivity contribution in [2.45, 2.75) is 69.9 Å². The number of likely N-dealkylation sites (tertiary alicyclic amines) is 1. The van der Waals surface area contributed by atoms with Crippen LogP contribution in [-0.2, 0) is 31.1 Å². The highest BCUT2D eigenvalue weighted by molar-refractivity contribution is 6.10. The van der Waals surface area contributed by atoms with Gasteiger partial charge >= 0.3 is 0 Å². The van der Waals surface area contributed by atoms with Gasteiger partial charge in [-0.15, -0.1) is 0 Å². The lowest BCUT2D eigenvalue weighted by atomic mass is 9.73. The molecule has 0 spiro atoms. The number of ether oxygens (including phenoxy) is 1. The average Bonchev–Trinajstić information content (AvgIpc) is 3.44. The first-order valence-corrected chi connectivity index (χ1v) is 13.2. The number of rotatable bonds is 9. The third-order valence-corrected chi connectivity index (χ3v) is 8.09. The summed E-state index contributed by atoms with van der Waals surface area (Å²) in [4.78, 5) is 48.7. The zero-order chi connectivity index (χ0) is 25.1. The number of amides is 3. The predicted molar refractivity (Wildman–Crippen MR) is 135 cm³/mol. The molecule has 0 radical (unpaired) electrons. The molecule has 7 heteroatoms. The largest absolute Gasteiger partial charge is 0.376 e. The summed E-state index contributed by atoms with van der Waals surface area (Å²) in [6.45, 7) is 4.10. The normalized spacial score (nSPS) is 24.2. The predicted octanol–water partition coefficient (Wildman–Crippen LogP) is 3.78. The van der Waals surface area contributed by atoms with Crippen molar-refractivity contribution >= 4 is 17.7 Å². The van der Waals surface area contributed by atoms with Gasteiger partial charge in [0.1, 0.15) is 0 Å². The minimum atomic E-state index is -1.20. The van der Waals surface area contributed by atoms with Gasteiger partial charge in [0, 0.05) is 44.9 Å². The first-order valence-electron chi connectivity index (χ1n) is 13.2. The van der Waals surface area contributed by atoms with Gasteiger partial charge in [0.05, 0.1) is 18.1 Å². The van der Waals surface area contributed by atoms with E-state index in [-0.39, 0.29) is 43.2 Å². The minimum absolute atomic E-state index is 0.000113. The van der Waals surface area contributed by atoms with Crippen LogP contribution in [0.25, 0.3) is 0 Å². The molecular formula is C29H35N3O4. The SMILES string of the molecule is Cc1ccccc1[C@]1(CC(=O)N(CC2CCC2)C[C@H]2CCCO2)CC(=O)N(Cc2cccnc2)C1=O. The Morgan fingerprint density at radius 1 is 1.11 bits per heavy atom. The summed E-state index contributed by atoms with van der Waals surface area (Å²) in [6, 6.07) is 11.3. The molecule has 3 aliphatic rings. The number of aromatic nitrogens is 1. The lowest BCUT2D eigenvalue weighted by molar-refractivity contribution is -0.144. The van der Waals surface area contributed by atoms with E-state index in [0.717, 1.165) is 49.0 Å². The van der Waals surface area contributed by atoms with Crippen molar-refractivity contribution in [3.8, 4) is 0 Å². The fraction of sp³-hybridized carbons (Fsp3) is 0.517. The lowest BCUT2D eigenvalue weighted by Gasteiger charge is -2.36. The molecule has 1 saturated carbocycles. The highest BCUT2D eigenvalue weighted by Gasteiger charge is 2.54. The van der Waals surface area contributed by atoms with E-state index >= 15 is 0 Å². The second-order valence-electron chi connectivity index (χ2n) is 10.6. The van der Waals surface area contributed by atoms with Crippen molar-refractivity contribution in [2.75, 3.05) is 19.7 Å². The van der Waals surface area contributed by atoms with Crippen LogP contribution in [0.1, 0.15) is 61.6 Å². The third-order valence-electron chi connectivity index (χ3n) is 8.09. The highest BCUT2D eigenvalue weighted by atomic mass is 16.5. The van der Waals surface area contributed by atoms with Crippen molar-refractivity contribution in [2.24, 2.45) is 5.92 Å². The molecule has 7 nitrogen and oxygen atoms in total. The number of imide groups is 1. The molecule has 1 aliphatic carbocycles. The molecule has 0 unspecified atom stereocenters. The van der Waals surface area contributed by atoms with Gasteiger partial charge in [-0.1, -0.05) is 36.8 Å². The molecule has 0 bridgehead atoms. The summed E-state index contributed by atoms with van der Waals surface area (Å²) in [5.41, 5.74) is 1.28. The molecule has 0 N–H and O–H groups in total. The number of pyridine rings is 1. The van der Waals surface area contributed by atoms with Gasteiger partial charge in [-0.25, -0.2) is 0 Å². The zero-order valence-electron chi connectivity index (χ0n) is 21.0. The Hall–Kier alpha value is -3.06. The van der Waals surface area contributed by atoms with Crippen molar-refractivity contribution in [3.63, 3.8) is 0 Å². The number of nitrogens with zero attached hydrogens (tertiary/aromatic N) is 3. The van der Waals surface area contributed by atoms with Crippen molar-refractivity contribution < 1.29 is 19.1 Å². The van der Waals surface area contributed by atoms with Crippen LogP contribution in [0.2, 0.25) is 0 Å². The Labute approximate surface area is 212 Å². The summed E-state index contributed by atoms with van der Waals surface area (Å²) in [5, 5.41) is 0. The molecule has 1 aromatic heterocycles. The Balaban J connectivity index is 1.45. The molecule has 5 rings (SSSR count). The summed E-state index contributed by atoms with van der Waals surface area (Å²) < 4.78 is 5.86. The number of hydrogen-bond donors (Lipinski definition) is 0. The Bertz CT molecular complexity index is 1110. The molecule has 2 aromatic rings. The van der Waals surface area contributed by atoms with E-state index in [4.69, 9.17) is 4.74 Å². The second-order valence-corrected chi connectivity index (χ2v) is 10.6. The standard InChI is InChI=1S/C29H35N3O4/c1-21-7-2-3-12-25(21)29(16-27(34)32(28(29)35)19-23-10-5-13-30-17-23)15-26(33)31(18-22-8-4-9-22)20-24-11-6-14-36-24/h2-3,5,7,10,12-13,17,22,24H,4,6,8-9,11,14-16,18-20H2,1H3/t24-,29+/m1/s1. The Morgan fingerprint density at radius 3 is 2.61 bits per heavy atom. The van der Waals surface area contributed by atoms with Gasteiger partial charge in [-0.3, -0.25) is 24.3 Å². The molecule has 3 heterocycles. The summed E-state index contributed by atoms with van der Waals surface area (Å²) in [5.74, 6) is -0.0953. The van der Waals surface area contributed by atoms with Crippen LogP contribution in [0.5, 0.6) is 0 Å². The van der Waals surface area contributed by atoms with Gasteiger partial charge in [0.2, 0.25) is 17.7 Å². The monoisotopic (exact) mass is 489 g/mol. The van der Waals surface area contributed by atoms with Crippen LogP contribution in [0.15, 0.2) is 48.8 Å². The second kappa shape index (κ2) is 10.5. The number of benzene rings is 1. The minimum Gasteiger partial charge on any atom is -0.376 e. The number of aryl methyl sites for hydroxylation is 1. The summed E-state index contributed by atoms with van der Waals surface area (Å²) >= 11 is 0. The third kappa shape index (κ3) is 4.94. The number of hydrogen-bond acceptors (Lipinski definition) is 5. The van der Waals surface area contributed by atoms with Crippen molar-refractivity contribution in [3.05, 3.63) is 65.5 Å². The van der Waals surface area contributed by atoms with Crippen LogP contribution in [0.3, 0.4) is 0 Å². The van der Waals surface area contributed by atoms with Gasteiger partial charge in [0.25, 0.3) is 0 Å². The van der Waals surface area contributed by atoms with Gasteiger partial charge in [0.15, 0.2) is 0 Å². The smallest absolute Gasteiger partial charge is 0.241 e. The molecule has 1 aromatic carbocycles. The quantitative estimate of drug-likeness (QED) is 0.501. The van der Waals surface area contributed by atoms with Crippen LogP contribution in [-0.4, -0.2) is 58.3 Å². The number of carbonyl (C=O) groups is 3. The highest BCUT2D eigenvalue weighted by Crippen LogP contribution is 2.42. The molecular weight excluding hydrogens is 454 g/mol. The maximum atomic E-state index is 14.1. The molecule has 3 amide bonds. The number of carbonyl (C=O) groups excluding carboxylic acids is 3. The topological polar surface area (TPSA) is 79.8 Å². The van der Waals surface area contributed by atoms with Crippen molar-refractivity contribution in [1.82, 2.24) is 14.8 Å². The van der Waals surface area contributed by atoms with Crippen LogP contribution < -0.4 is 0 Å². The first-order chi connectivity index (χ1) is 17.5. The van der Waals surface area contributed by atoms with Gasteiger partial charge in [-0.05, 0) is 61.3 Å².